The Labute approximate surface area is 74.3 Å². The predicted molar refractivity (Wildman–Crippen MR) is 42.8 cm³/mol. The van der Waals surface area contributed by atoms with Gasteiger partial charge in [0.25, 0.3) is 0 Å². The van der Waals surface area contributed by atoms with E-state index in [1.807, 2.05) is 0 Å². The van der Waals surface area contributed by atoms with Gasteiger partial charge in [0.1, 0.15) is 0 Å². The van der Waals surface area contributed by atoms with Gasteiger partial charge in [-0.3, -0.25) is 4.57 Å². The van der Waals surface area contributed by atoms with Crippen molar-refractivity contribution in [2.24, 2.45) is 0 Å². The van der Waals surface area contributed by atoms with Crippen LogP contribution in [0.5, 0.6) is 0 Å². The SMILES string of the molecule is O=P(Cl)(Cl)ON1CCOCC1. The van der Waals surface area contributed by atoms with E-state index in [1.54, 1.807) is 0 Å². The Morgan fingerprint density at radius 3 is 2.36 bits per heavy atom. The smallest absolute Gasteiger partial charge is 0.379 e. The third kappa shape index (κ3) is 4.31. The fourth-order valence-corrected chi connectivity index (χ4v) is 1.72. The molecular weight excluding hydrogens is 212 g/mol. The molecule has 0 N–H and O–H groups in total. The molecule has 4 nitrogen and oxygen atoms in total. The number of nitrogens with zero attached hydrogens (tertiary/aromatic N) is 1. The Morgan fingerprint density at radius 2 is 1.91 bits per heavy atom. The van der Waals surface area contributed by atoms with Gasteiger partial charge in [0, 0.05) is 13.1 Å². The Balaban J connectivity index is 2.30. The molecule has 1 rings (SSSR count). The van der Waals surface area contributed by atoms with E-state index in [4.69, 9.17) is 31.8 Å². The lowest BCUT2D eigenvalue weighted by Crippen LogP contribution is -2.34. The lowest BCUT2D eigenvalue weighted by atomic mass is 10.5. The molecule has 0 bridgehead atoms. The summed E-state index contributed by atoms with van der Waals surface area (Å²) in [5, 5.41) is 1.45. The van der Waals surface area contributed by atoms with E-state index in [1.165, 1.54) is 5.06 Å². The van der Waals surface area contributed by atoms with Crippen molar-refractivity contribution in [1.82, 2.24) is 5.06 Å². The molecule has 0 atom stereocenters. The molecule has 11 heavy (non-hydrogen) atoms. The summed E-state index contributed by atoms with van der Waals surface area (Å²) in [5.41, 5.74) is 0. The van der Waals surface area contributed by atoms with Gasteiger partial charge in [0.15, 0.2) is 0 Å². The highest BCUT2D eigenvalue weighted by molar-refractivity contribution is 8.05. The fraction of sp³-hybridized carbons (Fsp3) is 1.00. The first kappa shape index (κ1) is 9.78. The van der Waals surface area contributed by atoms with E-state index in [0.717, 1.165) is 0 Å². The van der Waals surface area contributed by atoms with Gasteiger partial charge in [-0.15, -0.1) is 0 Å². The number of hydroxylamine groups is 2. The van der Waals surface area contributed by atoms with Crippen molar-refractivity contribution < 1.29 is 13.9 Å². The monoisotopic (exact) mass is 219 g/mol. The second-order valence-corrected chi connectivity index (χ2v) is 6.22. The quantitative estimate of drug-likeness (QED) is 0.665. The van der Waals surface area contributed by atoms with Gasteiger partial charge < -0.3 is 4.74 Å². The number of hydrogen-bond donors (Lipinski definition) is 0. The number of ether oxygens (including phenoxy) is 1. The summed E-state index contributed by atoms with van der Waals surface area (Å²) in [6.07, 6.45) is -3.42. The third-order valence-electron chi connectivity index (χ3n) is 1.18. The van der Waals surface area contributed by atoms with Gasteiger partial charge in [-0.2, -0.15) is 5.06 Å². The van der Waals surface area contributed by atoms with Crippen molar-refractivity contribution in [2.45, 2.75) is 0 Å². The maximum Gasteiger partial charge on any atom is 0.396 e. The van der Waals surface area contributed by atoms with Crippen LogP contribution in [0.1, 0.15) is 0 Å². The first-order chi connectivity index (χ1) is 5.08. The summed E-state index contributed by atoms with van der Waals surface area (Å²) in [6, 6.07) is 0. The molecular formula is C4H8Cl2NO3P. The zero-order valence-corrected chi connectivity index (χ0v) is 8.11. The van der Waals surface area contributed by atoms with Crippen LogP contribution >= 0.6 is 28.6 Å². The van der Waals surface area contributed by atoms with Crippen LogP contribution in [0.25, 0.3) is 0 Å². The van der Waals surface area contributed by atoms with E-state index in [9.17, 15) is 4.57 Å². The van der Waals surface area contributed by atoms with Gasteiger partial charge in [0.05, 0.1) is 13.2 Å². The van der Waals surface area contributed by atoms with Gasteiger partial charge in [-0.1, -0.05) is 0 Å². The fourth-order valence-electron chi connectivity index (χ4n) is 0.763. The van der Waals surface area contributed by atoms with Crippen LogP contribution in [0, 0.1) is 0 Å². The van der Waals surface area contributed by atoms with Crippen LogP contribution in [-0.4, -0.2) is 31.4 Å². The third-order valence-corrected chi connectivity index (χ3v) is 1.97. The molecule has 0 aromatic heterocycles. The van der Waals surface area contributed by atoms with Gasteiger partial charge in [0.2, 0.25) is 0 Å². The van der Waals surface area contributed by atoms with E-state index in [-0.39, 0.29) is 0 Å². The minimum absolute atomic E-state index is 0.545. The highest BCUT2D eigenvalue weighted by atomic mass is 35.9. The van der Waals surface area contributed by atoms with Crippen LogP contribution in [0.3, 0.4) is 0 Å². The summed E-state index contributed by atoms with van der Waals surface area (Å²) in [4.78, 5) is 0. The van der Waals surface area contributed by atoms with Crippen LogP contribution in [0.2, 0.25) is 0 Å². The van der Waals surface area contributed by atoms with E-state index >= 15 is 0 Å². The molecule has 0 amide bonds. The molecule has 0 aliphatic carbocycles. The standard InChI is InChI=1S/C4H8Cl2NO3P/c5-11(6,8)10-7-1-3-9-4-2-7/h1-4H2. The molecule has 0 saturated carbocycles. The van der Waals surface area contributed by atoms with Crippen molar-refractivity contribution in [1.29, 1.82) is 0 Å². The molecule has 7 heteroatoms. The Morgan fingerprint density at radius 1 is 1.36 bits per heavy atom. The molecule has 0 unspecified atom stereocenters. The minimum atomic E-state index is -3.42. The van der Waals surface area contributed by atoms with Crippen LogP contribution < -0.4 is 0 Å². The molecule has 1 saturated heterocycles. The van der Waals surface area contributed by atoms with E-state index < -0.39 is 6.07 Å². The summed E-state index contributed by atoms with van der Waals surface area (Å²) in [7, 11) is 0. The van der Waals surface area contributed by atoms with Crippen molar-refractivity contribution in [3.8, 4) is 0 Å². The Hall–Kier alpha value is 0.690. The van der Waals surface area contributed by atoms with Crippen molar-refractivity contribution in [2.75, 3.05) is 26.3 Å². The number of hydrogen-bond acceptors (Lipinski definition) is 4. The minimum Gasteiger partial charge on any atom is -0.379 e. The highest BCUT2D eigenvalue weighted by Gasteiger charge is 2.22. The maximum atomic E-state index is 10.7. The zero-order valence-electron chi connectivity index (χ0n) is 5.70. The van der Waals surface area contributed by atoms with Crippen molar-refractivity contribution in [3.63, 3.8) is 0 Å². The molecule has 66 valence electrons. The lowest BCUT2D eigenvalue weighted by molar-refractivity contribution is -0.112. The summed E-state index contributed by atoms with van der Waals surface area (Å²) in [5.74, 6) is 0. The molecule has 1 heterocycles. The first-order valence-corrected chi connectivity index (χ1v) is 6.53. The largest absolute Gasteiger partial charge is 0.396 e. The second-order valence-electron chi connectivity index (χ2n) is 2.04. The molecule has 0 aromatic carbocycles. The van der Waals surface area contributed by atoms with Crippen molar-refractivity contribution >= 4 is 28.6 Å². The first-order valence-electron chi connectivity index (χ1n) is 3.10. The average molecular weight is 220 g/mol. The van der Waals surface area contributed by atoms with E-state index in [2.05, 4.69) is 0 Å². The predicted octanol–water partition coefficient (Wildman–Crippen LogP) is 1.84. The number of halogens is 2. The summed E-state index contributed by atoms with van der Waals surface area (Å²) < 4.78 is 20.4. The molecule has 1 fully saturated rings. The van der Waals surface area contributed by atoms with Crippen molar-refractivity contribution in [3.05, 3.63) is 0 Å². The summed E-state index contributed by atoms with van der Waals surface area (Å²) >= 11 is 10.4. The zero-order chi connectivity index (χ0) is 8.32. The molecule has 1 aliphatic heterocycles. The summed E-state index contributed by atoms with van der Waals surface area (Å²) in [6.45, 7) is 2.19. The van der Waals surface area contributed by atoms with Crippen LogP contribution in [0.15, 0.2) is 0 Å². The second kappa shape index (κ2) is 4.08. The number of rotatable bonds is 2. The van der Waals surface area contributed by atoms with Gasteiger partial charge in [-0.25, -0.2) is 4.62 Å². The van der Waals surface area contributed by atoms with Crippen LogP contribution in [-0.2, 0) is 13.9 Å². The van der Waals surface area contributed by atoms with E-state index in [0.29, 0.717) is 26.3 Å². The van der Waals surface area contributed by atoms with Crippen LogP contribution in [0.4, 0.5) is 0 Å². The maximum absolute atomic E-state index is 10.7. The van der Waals surface area contributed by atoms with Gasteiger partial charge >= 0.3 is 6.07 Å². The number of morpholine rings is 1. The van der Waals surface area contributed by atoms with Gasteiger partial charge in [-0.05, 0) is 22.5 Å². The topological polar surface area (TPSA) is 38.8 Å². The molecule has 0 aromatic rings. The molecule has 0 radical (unpaired) electrons. The molecule has 1 aliphatic rings. The normalized spacial score (nSPS) is 22.0. The highest BCUT2D eigenvalue weighted by Crippen LogP contribution is 2.58. The molecule has 0 spiro atoms. The Kier molecular flexibility index (Phi) is 3.62. The lowest BCUT2D eigenvalue weighted by Gasteiger charge is -2.25. The Bertz CT molecular complexity index is 167. The average Bonchev–Trinajstić information content (AvgIpc) is 1.85.